The molecule has 0 atom stereocenters. The third-order valence-corrected chi connectivity index (χ3v) is 3.68. The standard InChI is InChI=1S/C13H11BrO2/c1-6-4-9-8(3)12-10(5-7(2)15-12)11(14)13(9)16-6/h4-5H,1-3H3. The Labute approximate surface area is 101 Å². The van der Waals surface area contributed by atoms with Crippen LogP contribution in [0.15, 0.2) is 25.4 Å². The number of hydrogen-bond donors (Lipinski definition) is 0. The highest BCUT2D eigenvalue weighted by Gasteiger charge is 2.16. The van der Waals surface area contributed by atoms with Crippen molar-refractivity contribution >= 4 is 37.9 Å². The summed E-state index contributed by atoms with van der Waals surface area (Å²) in [7, 11) is 0. The van der Waals surface area contributed by atoms with E-state index in [0.29, 0.717) is 0 Å². The van der Waals surface area contributed by atoms with Gasteiger partial charge in [-0.15, -0.1) is 0 Å². The molecule has 1 aromatic carbocycles. The van der Waals surface area contributed by atoms with Crippen molar-refractivity contribution in [3.05, 3.63) is 33.7 Å². The van der Waals surface area contributed by atoms with Crippen molar-refractivity contribution in [3.8, 4) is 0 Å². The van der Waals surface area contributed by atoms with Gasteiger partial charge in [0.15, 0.2) is 0 Å². The van der Waals surface area contributed by atoms with Gasteiger partial charge in [0, 0.05) is 16.3 Å². The van der Waals surface area contributed by atoms with Gasteiger partial charge < -0.3 is 8.83 Å². The molecule has 0 aliphatic rings. The average molecular weight is 279 g/mol. The van der Waals surface area contributed by atoms with E-state index in [1.165, 1.54) is 0 Å². The fourth-order valence-corrected chi connectivity index (χ4v) is 2.75. The van der Waals surface area contributed by atoms with E-state index in [2.05, 4.69) is 22.9 Å². The molecule has 0 spiro atoms. The lowest BCUT2D eigenvalue weighted by Gasteiger charge is -1.99. The number of halogens is 1. The summed E-state index contributed by atoms with van der Waals surface area (Å²) in [4.78, 5) is 0. The third-order valence-electron chi connectivity index (χ3n) is 2.89. The quantitative estimate of drug-likeness (QED) is 0.587. The highest BCUT2D eigenvalue weighted by atomic mass is 79.9. The number of fused-ring (bicyclic) bond motifs is 2. The zero-order valence-corrected chi connectivity index (χ0v) is 10.9. The number of benzene rings is 1. The molecule has 3 rings (SSSR count). The van der Waals surface area contributed by atoms with Crippen molar-refractivity contribution in [2.45, 2.75) is 20.8 Å². The molecule has 16 heavy (non-hydrogen) atoms. The Morgan fingerprint density at radius 2 is 1.44 bits per heavy atom. The van der Waals surface area contributed by atoms with Gasteiger partial charge in [-0.25, -0.2) is 0 Å². The van der Waals surface area contributed by atoms with Crippen LogP contribution in [0.1, 0.15) is 17.1 Å². The lowest BCUT2D eigenvalue weighted by Crippen LogP contribution is -1.77. The second kappa shape index (κ2) is 3.14. The first kappa shape index (κ1) is 9.97. The number of aryl methyl sites for hydroxylation is 3. The Morgan fingerprint density at radius 3 is 2.12 bits per heavy atom. The van der Waals surface area contributed by atoms with E-state index in [1.54, 1.807) is 0 Å². The normalized spacial score (nSPS) is 11.8. The first-order valence-electron chi connectivity index (χ1n) is 5.16. The highest BCUT2D eigenvalue weighted by molar-refractivity contribution is 9.10. The summed E-state index contributed by atoms with van der Waals surface area (Å²) in [6.45, 7) is 5.98. The molecule has 0 amide bonds. The minimum atomic E-state index is 0.906. The maximum absolute atomic E-state index is 5.73. The molecule has 3 aromatic rings. The molecule has 0 fully saturated rings. The van der Waals surface area contributed by atoms with Crippen LogP contribution in [0.2, 0.25) is 0 Å². The predicted molar refractivity (Wildman–Crippen MR) is 67.9 cm³/mol. The van der Waals surface area contributed by atoms with E-state index in [4.69, 9.17) is 8.83 Å². The zero-order valence-electron chi connectivity index (χ0n) is 9.35. The molecule has 2 aromatic heterocycles. The van der Waals surface area contributed by atoms with Crippen molar-refractivity contribution in [1.29, 1.82) is 0 Å². The van der Waals surface area contributed by atoms with Crippen LogP contribution < -0.4 is 0 Å². The SMILES string of the molecule is Cc1cc2c(Br)c3oc(C)cc3c(C)c2o1. The van der Waals surface area contributed by atoms with Crippen LogP contribution in [-0.2, 0) is 0 Å². The minimum absolute atomic E-state index is 0.906. The molecule has 0 radical (unpaired) electrons. The molecule has 2 heterocycles. The smallest absolute Gasteiger partial charge is 0.149 e. The molecule has 0 aliphatic carbocycles. The van der Waals surface area contributed by atoms with Gasteiger partial charge >= 0.3 is 0 Å². The largest absolute Gasteiger partial charge is 0.461 e. The van der Waals surface area contributed by atoms with Crippen LogP contribution in [0, 0.1) is 20.8 Å². The number of hydrogen-bond acceptors (Lipinski definition) is 2. The molecule has 0 aliphatic heterocycles. The van der Waals surface area contributed by atoms with E-state index in [9.17, 15) is 0 Å². The van der Waals surface area contributed by atoms with E-state index in [-0.39, 0.29) is 0 Å². The van der Waals surface area contributed by atoms with Gasteiger partial charge in [0.1, 0.15) is 22.7 Å². The summed E-state index contributed by atoms with van der Waals surface area (Å²) in [6, 6.07) is 4.08. The average Bonchev–Trinajstić information content (AvgIpc) is 2.78. The van der Waals surface area contributed by atoms with E-state index >= 15 is 0 Å². The molecular formula is C13H11BrO2. The van der Waals surface area contributed by atoms with Gasteiger partial charge in [-0.2, -0.15) is 0 Å². The second-order valence-electron chi connectivity index (χ2n) is 4.14. The molecule has 0 unspecified atom stereocenters. The van der Waals surface area contributed by atoms with Gasteiger partial charge in [-0.3, -0.25) is 0 Å². The zero-order chi connectivity index (χ0) is 11.4. The summed E-state index contributed by atoms with van der Waals surface area (Å²) in [6.07, 6.45) is 0. The first-order valence-corrected chi connectivity index (χ1v) is 5.95. The summed E-state index contributed by atoms with van der Waals surface area (Å²) >= 11 is 3.59. The van der Waals surface area contributed by atoms with Crippen LogP contribution in [0.4, 0.5) is 0 Å². The molecule has 0 N–H and O–H groups in total. The lowest BCUT2D eigenvalue weighted by molar-refractivity contribution is 0.573. The van der Waals surface area contributed by atoms with Crippen LogP contribution in [-0.4, -0.2) is 0 Å². The van der Waals surface area contributed by atoms with Crippen LogP contribution in [0.3, 0.4) is 0 Å². The Balaban J connectivity index is 2.63. The predicted octanol–water partition coefficient (Wildman–Crippen LogP) is 4.87. The van der Waals surface area contributed by atoms with Gasteiger partial charge in [0.2, 0.25) is 0 Å². The monoisotopic (exact) mass is 278 g/mol. The first-order chi connectivity index (χ1) is 7.58. The summed E-state index contributed by atoms with van der Waals surface area (Å²) in [5, 5.41) is 2.20. The molecule has 3 heteroatoms. The van der Waals surface area contributed by atoms with Crippen LogP contribution >= 0.6 is 15.9 Å². The Bertz CT molecular complexity index is 589. The van der Waals surface area contributed by atoms with E-state index in [0.717, 1.165) is 43.5 Å². The van der Waals surface area contributed by atoms with Crippen molar-refractivity contribution in [3.63, 3.8) is 0 Å². The van der Waals surface area contributed by atoms with Crippen LogP contribution in [0.25, 0.3) is 21.9 Å². The van der Waals surface area contributed by atoms with Gasteiger partial charge in [0.25, 0.3) is 0 Å². The molecule has 0 saturated carbocycles. The van der Waals surface area contributed by atoms with E-state index < -0.39 is 0 Å². The fraction of sp³-hybridized carbons (Fsp3) is 0.231. The number of rotatable bonds is 0. The maximum atomic E-state index is 5.73. The lowest BCUT2D eigenvalue weighted by atomic mass is 10.1. The minimum Gasteiger partial charge on any atom is -0.461 e. The summed E-state index contributed by atoms with van der Waals surface area (Å²) in [5.74, 6) is 1.84. The third kappa shape index (κ3) is 1.18. The van der Waals surface area contributed by atoms with Crippen molar-refractivity contribution < 1.29 is 8.83 Å². The Hall–Kier alpha value is -1.22. The molecule has 82 valence electrons. The molecule has 0 bridgehead atoms. The van der Waals surface area contributed by atoms with Crippen molar-refractivity contribution in [1.82, 2.24) is 0 Å². The number of furan rings is 2. The van der Waals surface area contributed by atoms with Gasteiger partial charge in [-0.05, 0) is 48.8 Å². The van der Waals surface area contributed by atoms with Crippen molar-refractivity contribution in [2.24, 2.45) is 0 Å². The summed E-state index contributed by atoms with van der Waals surface area (Å²) < 4.78 is 12.4. The Morgan fingerprint density at radius 1 is 0.875 bits per heavy atom. The van der Waals surface area contributed by atoms with E-state index in [1.807, 2.05) is 26.0 Å². The molecule has 0 saturated heterocycles. The molecular weight excluding hydrogens is 268 g/mol. The van der Waals surface area contributed by atoms with Gasteiger partial charge in [0.05, 0.1) is 4.47 Å². The van der Waals surface area contributed by atoms with Gasteiger partial charge in [-0.1, -0.05) is 0 Å². The fourth-order valence-electron chi connectivity index (χ4n) is 2.16. The molecule has 2 nitrogen and oxygen atoms in total. The Kier molecular flexibility index (Phi) is 1.96. The maximum Gasteiger partial charge on any atom is 0.149 e. The highest BCUT2D eigenvalue weighted by Crippen LogP contribution is 2.38. The van der Waals surface area contributed by atoms with Crippen LogP contribution in [0.5, 0.6) is 0 Å². The summed E-state index contributed by atoms with van der Waals surface area (Å²) in [5.41, 5.74) is 2.99. The van der Waals surface area contributed by atoms with Crippen molar-refractivity contribution in [2.75, 3.05) is 0 Å². The topological polar surface area (TPSA) is 26.3 Å². The second-order valence-corrected chi connectivity index (χ2v) is 4.93.